The van der Waals surface area contributed by atoms with Gasteiger partial charge in [-0.3, -0.25) is 0 Å². The van der Waals surface area contributed by atoms with Crippen molar-refractivity contribution >= 4 is 11.8 Å². The van der Waals surface area contributed by atoms with Crippen LogP contribution in [0.3, 0.4) is 0 Å². The zero-order valence-electron chi connectivity index (χ0n) is 14.5. The molecule has 22 heavy (non-hydrogen) atoms. The fourth-order valence-electron chi connectivity index (χ4n) is 3.92. The lowest BCUT2D eigenvalue weighted by molar-refractivity contribution is 0.170. The zero-order chi connectivity index (χ0) is 15.5. The van der Waals surface area contributed by atoms with Crippen LogP contribution >= 0.6 is 11.8 Å². The Morgan fingerprint density at radius 1 is 1.14 bits per heavy atom. The number of hydrogen-bond donors (Lipinski definition) is 0. The summed E-state index contributed by atoms with van der Waals surface area (Å²) < 4.78 is 0. The molecule has 1 aliphatic heterocycles. The van der Waals surface area contributed by atoms with Crippen LogP contribution in [-0.2, 0) is 19.3 Å². The van der Waals surface area contributed by atoms with Crippen LogP contribution in [0.1, 0.15) is 56.7 Å². The third-order valence-electron chi connectivity index (χ3n) is 5.24. The molecule has 0 aromatic heterocycles. The topological polar surface area (TPSA) is 3.24 Å². The lowest BCUT2D eigenvalue weighted by Gasteiger charge is -2.36. The summed E-state index contributed by atoms with van der Waals surface area (Å²) in [6, 6.07) is 5.83. The summed E-state index contributed by atoms with van der Waals surface area (Å²) in [6.07, 6.45) is 7.83. The van der Waals surface area contributed by atoms with E-state index >= 15 is 0 Å². The summed E-state index contributed by atoms with van der Waals surface area (Å²) in [7, 11) is 0. The van der Waals surface area contributed by atoms with Gasteiger partial charge in [0, 0.05) is 16.7 Å². The van der Waals surface area contributed by atoms with Gasteiger partial charge < -0.3 is 4.90 Å². The van der Waals surface area contributed by atoms with Gasteiger partial charge in [-0.25, -0.2) is 0 Å². The summed E-state index contributed by atoms with van der Waals surface area (Å²) >= 11 is 2.06. The highest BCUT2D eigenvalue weighted by Crippen LogP contribution is 2.36. The highest BCUT2D eigenvalue weighted by Gasteiger charge is 2.25. The van der Waals surface area contributed by atoms with Crippen LogP contribution < -0.4 is 0 Å². The Bertz CT molecular complexity index is 509. The van der Waals surface area contributed by atoms with Crippen molar-refractivity contribution < 1.29 is 0 Å². The maximum atomic E-state index is 2.78. The van der Waals surface area contributed by atoms with Crippen LogP contribution in [0.4, 0.5) is 0 Å². The molecule has 122 valence electrons. The van der Waals surface area contributed by atoms with Crippen LogP contribution in [-0.4, -0.2) is 29.8 Å². The third kappa shape index (κ3) is 3.71. The van der Waals surface area contributed by atoms with E-state index < -0.39 is 0 Å². The SMILES string of the molecule is CCCN(CCC(C)C)C1CCc2cc3c(cc2C1)SCC3. The molecule has 0 spiro atoms. The van der Waals surface area contributed by atoms with Gasteiger partial charge in [0.15, 0.2) is 0 Å². The normalized spacial score (nSPS) is 20.5. The van der Waals surface area contributed by atoms with Gasteiger partial charge in [0.05, 0.1) is 0 Å². The van der Waals surface area contributed by atoms with Gasteiger partial charge in [-0.2, -0.15) is 0 Å². The Hall–Kier alpha value is -0.470. The van der Waals surface area contributed by atoms with Crippen molar-refractivity contribution in [3.05, 3.63) is 28.8 Å². The molecular formula is C20H31NS. The second kappa shape index (κ2) is 7.40. The van der Waals surface area contributed by atoms with Crippen molar-refractivity contribution in [1.29, 1.82) is 0 Å². The predicted octanol–water partition coefficient (Wildman–Crippen LogP) is 4.95. The van der Waals surface area contributed by atoms with Gasteiger partial charge in [0.1, 0.15) is 0 Å². The number of fused-ring (bicyclic) bond motifs is 2. The smallest absolute Gasteiger partial charge is 0.0139 e. The summed E-state index contributed by atoms with van der Waals surface area (Å²) in [5.74, 6) is 2.10. The van der Waals surface area contributed by atoms with Crippen LogP contribution in [0.2, 0.25) is 0 Å². The highest BCUT2D eigenvalue weighted by atomic mass is 32.2. The molecule has 2 heteroatoms. The van der Waals surface area contributed by atoms with E-state index in [1.54, 1.807) is 21.6 Å². The van der Waals surface area contributed by atoms with Gasteiger partial charge >= 0.3 is 0 Å². The quantitative estimate of drug-likeness (QED) is 0.730. The maximum absolute atomic E-state index is 2.78. The first-order valence-electron chi connectivity index (χ1n) is 9.19. The van der Waals surface area contributed by atoms with Crippen LogP contribution in [0.25, 0.3) is 0 Å². The van der Waals surface area contributed by atoms with Gasteiger partial charge in [0.2, 0.25) is 0 Å². The molecule has 1 atom stereocenters. The molecule has 1 aromatic carbocycles. The van der Waals surface area contributed by atoms with Crippen molar-refractivity contribution in [2.45, 2.75) is 70.2 Å². The molecule has 1 unspecified atom stereocenters. The molecule has 0 radical (unpaired) electrons. The molecule has 0 fully saturated rings. The molecule has 0 saturated carbocycles. The van der Waals surface area contributed by atoms with E-state index in [1.165, 1.54) is 57.4 Å². The van der Waals surface area contributed by atoms with E-state index in [2.05, 4.69) is 49.6 Å². The standard InChI is InChI=1S/C20H31NS/c1-4-9-21(10-7-15(2)3)19-6-5-16-12-17-8-11-22-20(17)14-18(16)13-19/h12,14-15,19H,4-11,13H2,1-3H3. The van der Waals surface area contributed by atoms with E-state index in [0.717, 1.165) is 12.0 Å². The van der Waals surface area contributed by atoms with Crippen molar-refractivity contribution in [3.63, 3.8) is 0 Å². The zero-order valence-corrected chi connectivity index (χ0v) is 15.3. The summed E-state index contributed by atoms with van der Waals surface area (Å²) in [5, 5.41) is 0. The molecule has 0 bridgehead atoms. The molecule has 1 nitrogen and oxygen atoms in total. The number of hydrogen-bond acceptors (Lipinski definition) is 2. The van der Waals surface area contributed by atoms with Crippen molar-refractivity contribution in [2.24, 2.45) is 5.92 Å². The molecule has 1 aliphatic carbocycles. The molecule has 1 aromatic rings. The molecule has 1 heterocycles. The molecular weight excluding hydrogens is 286 g/mol. The molecule has 0 saturated heterocycles. The number of aryl methyl sites for hydroxylation is 2. The van der Waals surface area contributed by atoms with E-state index in [-0.39, 0.29) is 0 Å². The van der Waals surface area contributed by atoms with Gasteiger partial charge in [-0.05, 0) is 80.3 Å². The van der Waals surface area contributed by atoms with Gasteiger partial charge in [-0.1, -0.05) is 26.8 Å². The Morgan fingerprint density at radius 2 is 2.00 bits per heavy atom. The summed E-state index contributed by atoms with van der Waals surface area (Å²) in [5.41, 5.74) is 4.92. The number of benzene rings is 1. The first-order chi connectivity index (χ1) is 10.7. The average molecular weight is 318 g/mol. The summed E-state index contributed by atoms with van der Waals surface area (Å²) in [6.45, 7) is 9.57. The summed E-state index contributed by atoms with van der Waals surface area (Å²) in [4.78, 5) is 4.35. The van der Waals surface area contributed by atoms with E-state index in [1.807, 2.05) is 0 Å². The average Bonchev–Trinajstić information content (AvgIpc) is 2.95. The van der Waals surface area contributed by atoms with Crippen molar-refractivity contribution in [2.75, 3.05) is 18.8 Å². The third-order valence-corrected chi connectivity index (χ3v) is 6.33. The van der Waals surface area contributed by atoms with Crippen molar-refractivity contribution in [3.8, 4) is 0 Å². The van der Waals surface area contributed by atoms with Crippen LogP contribution in [0.5, 0.6) is 0 Å². The Labute approximate surface area is 140 Å². The minimum atomic E-state index is 0.774. The second-order valence-electron chi connectivity index (χ2n) is 7.44. The second-order valence-corrected chi connectivity index (χ2v) is 8.58. The maximum Gasteiger partial charge on any atom is 0.0139 e. The fraction of sp³-hybridized carbons (Fsp3) is 0.700. The Kier molecular flexibility index (Phi) is 5.51. The predicted molar refractivity (Wildman–Crippen MR) is 98.0 cm³/mol. The molecule has 0 amide bonds. The van der Waals surface area contributed by atoms with E-state index in [0.29, 0.717) is 0 Å². The van der Waals surface area contributed by atoms with Crippen LogP contribution in [0.15, 0.2) is 17.0 Å². The fourth-order valence-corrected chi connectivity index (χ4v) is 5.03. The van der Waals surface area contributed by atoms with Gasteiger partial charge in [0.25, 0.3) is 0 Å². The molecule has 3 rings (SSSR count). The lowest BCUT2D eigenvalue weighted by Crippen LogP contribution is -2.40. The lowest BCUT2D eigenvalue weighted by atomic mass is 9.86. The van der Waals surface area contributed by atoms with E-state index in [4.69, 9.17) is 0 Å². The Morgan fingerprint density at radius 3 is 2.77 bits per heavy atom. The highest BCUT2D eigenvalue weighted by molar-refractivity contribution is 7.99. The number of thioether (sulfide) groups is 1. The first-order valence-corrected chi connectivity index (χ1v) is 10.2. The van der Waals surface area contributed by atoms with Crippen LogP contribution in [0, 0.1) is 5.92 Å². The number of nitrogens with zero attached hydrogens (tertiary/aromatic N) is 1. The minimum Gasteiger partial charge on any atom is -0.300 e. The monoisotopic (exact) mass is 317 g/mol. The van der Waals surface area contributed by atoms with Gasteiger partial charge in [-0.15, -0.1) is 11.8 Å². The minimum absolute atomic E-state index is 0.774. The van der Waals surface area contributed by atoms with Crippen molar-refractivity contribution in [1.82, 2.24) is 4.90 Å². The molecule has 0 N–H and O–H groups in total. The largest absolute Gasteiger partial charge is 0.300 e. The Balaban J connectivity index is 1.71. The first kappa shape index (κ1) is 16.4. The molecule has 2 aliphatic rings. The number of rotatable bonds is 6. The van der Waals surface area contributed by atoms with E-state index in [9.17, 15) is 0 Å².